The van der Waals surface area contributed by atoms with Crippen LogP contribution in [0, 0.1) is 6.92 Å². The molecule has 0 radical (unpaired) electrons. The normalized spacial score (nSPS) is 12.4. The molecule has 0 saturated carbocycles. The van der Waals surface area contributed by atoms with Gasteiger partial charge in [-0.15, -0.1) is 11.3 Å². The fraction of sp³-hybridized carbons (Fsp3) is 0.615. The second-order valence-electron chi connectivity index (χ2n) is 4.05. The molecule has 0 saturated heterocycles. The van der Waals surface area contributed by atoms with E-state index in [1.54, 1.807) is 11.3 Å². The number of hydrogen-bond donors (Lipinski definition) is 1. The van der Waals surface area contributed by atoms with Crippen LogP contribution in [-0.4, -0.2) is 19.1 Å². The molecule has 1 rings (SSSR count). The summed E-state index contributed by atoms with van der Waals surface area (Å²) >= 11 is 1.78. The Balaban J connectivity index is 2.19. The highest BCUT2D eigenvalue weighted by molar-refractivity contribution is 7.10. The number of carbonyl (C=O) groups is 1. The Bertz CT molecular complexity index is 349. The van der Waals surface area contributed by atoms with Crippen molar-refractivity contribution < 1.29 is 9.53 Å². The van der Waals surface area contributed by atoms with Gasteiger partial charge in [-0.1, -0.05) is 0 Å². The first-order valence-corrected chi connectivity index (χ1v) is 6.96. The summed E-state index contributed by atoms with van der Waals surface area (Å²) in [7, 11) is 0. The van der Waals surface area contributed by atoms with E-state index in [0.29, 0.717) is 19.1 Å². The fourth-order valence-corrected chi connectivity index (χ4v) is 2.67. The number of rotatable bonds is 7. The predicted molar refractivity (Wildman–Crippen MR) is 71.3 cm³/mol. The molecule has 0 spiro atoms. The number of thiophene rings is 1. The third-order valence-electron chi connectivity index (χ3n) is 2.61. The summed E-state index contributed by atoms with van der Waals surface area (Å²) in [4.78, 5) is 12.5. The number of ether oxygens (including phenoxy) is 1. The molecule has 0 aromatic carbocycles. The van der Waals surface area contributed by atoms with Gasteiger partial charge in [-0.2, -0.15) is 0 Å². The van der Waals surface area contributed by atoms with Crippen molar-refractivity contribution in [3.63, 3.8) is 0 Å². The van der Waals surface area contributed by atoms with Crippen LogP contribution >= 0.6 is 11.3 Å². The molecule has 1 aromatic heterocycles. The lowest BCUT2D eigenvalue weighted by Gasteiger charge is -2.13. The van der Waals surface area contributed by atoms with Crippen LogP contribution in [0.4, 0.5) is 0 Å². The van der Waals surface area contributed by atoms with Gasteiger partial charge in [0.15, 0.2) is 0 Å². The summed E-state index contributed by atoms with van der Waals surface area (Å²) in [6, 6.07) is 2.49. The van der Waals surface area contributed by atoms with Crippen molar-refractivity contribution in [1.29, 1.82) is 0 Å². The smallest absolute Gasteiger partial charge is 0.305 e. The van der Waals surface area contributed by atoms with E-state index in [9.17, 15) is 4.79 Å². The van der Waals surface area contributed by atoms with Crippen molar-refractivity contribution in [2.24, 2.45) is 0 Å². The molecule has 0 amide bonds. The van der Waals surface area contributed by atoms with Crippen LogP contribution in [0.15, 0.2) is 11.4 Å². The molecule has 0 aliphatic heterocycles. The first-order chi connectivity index (χ1) is 8.15. The summed E-state index contributed by atoms with van der Waals surface area (Å²) in [5.74, 6) is -0.103. The Hall–Kier alpha value is -0.870. The van der Waals surface area contributed by atoms with Crippen LogP contribution in [0.25, 0.3) is 0 Å². The van der Waals surface area contributed by atoms with Crippen molar-refractivity contribution >= 4 is 17.3 Å². The molecular weight excluding hydrogens is 234 g/mol. The summed E-state index contributed by atoms with van der Waals surface area (Å²) in [6.45, 7) is 7.43. The Labute approximate surface area is 107 Å². The molecule has 1 heterocycles. The minimum atomic E-state index is -0.103. The first-order valence-electron chi connectivity index (χ1n) is 6.08. The van der Waals surface area contributed by atoms with Gasteiger partial charge in [0.25, 0.3) is 0 Å². The second-order valence-corrected chi connectivity index (χ2v) is 5.00. The summed E-state index contributed by atoms with van der Waals surface area (Å²) in [5.41, 5.74) is 1.33. The van der Waals surface area contributed by atoms with Crippen molar-refractivity contribution in [3.8, 4) is 0 Å². The molecule has 3 nitrogen and oxygen atoms in total. The van der Waals surface area contributed by atoms with Crippen LogP contribution in [0.2, 0.25) is 0 Å². The van der Waals surface area contributed by atoms with E-state index in [4.69, 9.17) is 4.74 Å². The van der Waals surface area contributed by atoms with Gasteiger partial charge in [0.05, 0.1) is 6.61 Å². The lowest BCUT2D eigenvalue weighted by Crippen LogP contribution is -2.20. The third kappa shape index (κ3) is 4.88. The lowest BCUT2D eigenvalue weighted by molar-refractivity contribution is -0.143. The number of hydrogen-bond acceptors (Lipinski definition) is 4. The maximum atomic E-state index is 11.1. The summed E-state index contributed by atoms with van der Waals surface area (Å²) in [6.07, 6.45) is 1.32. The zero-order valence-corrected chi connectivity index (χ0v) is 11.6. The standard InChI is InChI=1S/C13H21NO2S/c1-4-16-12(15)6-5-8-14-11(3)13-10(2)7-9-17-13/h7,9,11,14H,4-6,8H2,1-3H3. The molecule has 0 fully saturated rings. The fourth-order valence-electron chi connectivity index (χ4n) is 1.71. The van der Waals surface area contributed by atoms with Gasteiger partial charge in [0, 0.05) is 17.3 Å². The van der Waals surface area contributed by atoms with E-state index >= 15 is 0 Å². The molecule has 0 bridgehead atoms. The largest absolute Gasteiger partial charge is 0.466 e. The second kappa shape index (κ2) is 7.45. The topological polar surface area (TPSA) is 38.3 Å². The van der Waals surface area contributed by atoms with Gasteiger partial charge in [-0.25, -0.2) is 0 Å². The maximum Gasteiger partial charge on any atom is 0.305 e. The highest BCUT2D eigenvalue weighted by Gasteiger charge is 2.09. The van der Waals surface area contributed by atoms with Gasteiger partial charge < -0.3 is 10.1 Å². The Morgan fingerprint density at radius 2 is 2.35 bits per heavy atom. The van der Waals surface area contributed by atoms with E-state index < -0.39 is 0 Å². The predicted octanol–water partition coefficient (Wildman–Crippen LogP) is 3.05. The van der Waals surface area contributed by atoms with Crippen LogP contribution < -0.4 is 5.32 Å². The van der Waals surface area contributed by atoms with Crippen LogP contribution in [-0.2, 0) is 9.53 Å². The molecule has 0 aliphatic carbocycles. The van der Waals surface area contributed by atoms with E-state index in [0.717, 1.165) is 13.0 Å². The van der Waals surface area contributed by atoms with E-state index in [2.05, 4.69) is 30.6 Å². The number of nitrogens with one attached hydrogen (secondary N) is 1. The molecule has 1 aromatic rings. The molecule has 0 aliphatic rings. The molecule has 1 N–H and O–H groups in total. The summed E-state index contributed by atoms with van der Waals surface area (Å²) < 4.78 is 4.88. The van der Waals surface area contributed by atoms with Gasteiger partial charge in [0.1, 0.15) is 0 Å². The van der Waals surface area contributed by atoms with Crippen molar-refractivity contribution in [1.82, 2.24) is 5.32 Å². The van der Waals surface area contributed by atoms with Gasteiger partial charge in [-0.05, 0) is 50.7 Å². The third-order valence-corrected chi connectivity index (χ3v) is 3.81. The summed E-state index contributed by atoms with van der Waals surface area (Å²) in [5, 5.41) is 5.54. The van der Waals surface area contributed by atoms with Gasteiger partial charge >= 0.3 is 5.97 Å². The minimum absolute atomic E-state index is 0.103. The Morgan fingerprint density at radius 3 is 2.94 bits per heavy atom. The zero-order valence-electron chi connectivity index (χ0n) is 10.8. The van der Waals surface area contributed by atoms with Gasteiger partial charge in [-0.3, -0.25) is 4.79 Å². The van der Waals surface area contributed by atoms with E-state index in [1.807, 2.05) is 6.92 Å². The minimum Gasteiger partial charge on any atom is -0.466 e. The van der Waals surface area contributed by atoms with Crippen LogP contribution in [0.5, 0.6) is 0 Å². The SMILES string of the molecule is CCOC(=O)CCCNC(C)c1sccc1C. The molecular formula is C13H21NO2S. The average molecular weight is 255 g/mol. The van der Waals surface area contributed by atoms with E-state index in [1.165, 1.54) is 10.4 Å². The van der Waals surface area contributed by atoms with Crippen molar-refractivity contribution in [3.05, 3.63) is 21.9 Å². The number of aryl methyl sites for hydroxylation is 1. The number of carbonyl (C=O) groups excluding carboxylic acids is 1. The molecule has 4 heteroatoms. The molecule has 17 heavy (non-hydrogen) atoms. The van der Waals surface area contributed by atoms with Crippen LogP contribution in [0.3, 0.4) is 0 Å². The van der Waals surface area contributed by atoms with Crippen LogP contribution in [0.1, 0.15) is 43.2 Å². The lowest BCUT2D eigenvalue weighted by atomic mass is 10.2. The Morgan fingerprint density at radius 1 is 1.59 bits per heavy atom. The van der Waals surface area contributed by atoms with Gasteiger partial charge in [0.2, 0.25) is 0 Å². The highest BCUT2D eigenvalue weighted by atomic mass is 32.1. The first kappa shape index (κ1) is 14.2. The monoisotopic (exact) mass is 255 g/mol. The molecule has 1 atom stereocenters. The average Bonchev–Trinajstić information content (AvgIpc) is 2.71. The zero-order chi connectivity index (χ0) is 12.7. The van der Waals surface area contributed by atoms with Crippen molar-refractivity contribution in [2.45, 2.75) is 39.7 Å². The molecule has 1 unspecified atom stereocenters. The highest BCUT2D eigenvalue weighted by Crippen LogP contribution is 2.23. The quantitative estimate of drug-likeness (QED) is 0.601. The van der Waals surface area contributed by atoms with E-state index in [-0.39, 0.29) is 5.97 Å². The Kier molecular flexibility index (Phi) is 6.22. The van der Waals surface area contributed by atoms with Crippen molar-refractivity contribution in [2.75, 3.05) is 13.2 Å². The maximum absolute atomic E-state index is 11.1. The number of esters is 1. The molecule has 96 valence electrons.